The number of phenols is 1. The molecule has 100 valence electrons. The molecule has 0 saturated carbocycles. The number of carboxylic acid groups (broad SMARTS) is 1. The number of benzene rings is 1. The first-order valence-corrected chi connectivity index (χ1v) is 5.90. The summed E-state index contributed by atoms with van der Waals surface area (Å²) >= 11 is 0. The van der Waals surface area contributed by atoms with Gasteiger partial charge in [-0.2, -0.15) is 0 Å². The molecule has 1 atom stereocenters. The molecule has 0 spiro atoms. The van der Waals surface area contributed by atoms with E-state index in [0.29, 0.717) is 17.9 Å². The largest absolute Gasteiger partial charge is 0.504 e. The highest BCUT2D eigenvalue weighted by atomic mass is 16.5. The van der Waals surface area contributed by atoms with Crippen molar-refractivity contribution in [2.75, 3.05) is 6.61 Å². The molecule has 1 aromatic rings. The lowest BCUT2D eigenvalue weighted by atomic mass is 10.0. The quantitative estimate of drug-likeness (QED) is 0.721. The third-order valence-electron chi connectivity index (χ3n) is 2.39. The molecule has 18 heavy (non-hydrogen) atoms. The van der Waals surface area contributed by atoms with Gasteiger partial charge in [-0.25, -0.2) is 0 Å². The highest BCUT2D eigenvalue weighted by Crippen LogP contribution is 2.34. The summed E-state index contributed by atoms with van der Waals surface area (Å²) < 4.78 is 5.24. The molecular formula is C13H19NO4. The minimum atomic E-state index is -1.03. The van der Waals surface area contributed by atoms with E-state index in [9.17, 15) is 15.0 Å². The molecule has 5 heteroatoms. The number of carbonyl (C=O) groups is 1. The molecule has 0 aliphatic rings. The van der Waals surface area contributed by atoms with Crippen LogP contribution in [0.2, 0.25) is 0 Å². The molecule has 1 aromatic carbocycles. The van der Waals surface area contributed by atoms with Gasteiger partial charge in [0.1, 0.15) is 6.04 Å². The molecule has 3 N–H and O–H groups in total. The number of carboxylic acids is 1. The van der Waals surface area contributed by atoms with Gasteiger partial charge in [0.15, 0.2) is 11.5 Å². The molecule has 0 saturated heterocycles. The summed E-state index contributed by atoms with van der Waals surface area (Å²) in [6.45, 7) is 5.90. The summed E-state index contributed by atoms with van der Waals surface area (Å²) in [4.78, 5) is 11.2. The lowest BCUT2D eigenvalue weighted by Crippen LogP contribution is -2.33. The van der Waals surface area contributed by atoms with Crippen molar-refractivity contribution >= 4 is 5.97 Å². The molecule has 0 aliphatic heterocycles. The summed E-state index contributed by atoms with van der Waals surface area (Å²) in [6, 6.07) is 3.88. The van der Waals surface area contributed by atoms with Crippen LogP contribution in [-0.4, -0.2) is 28.8 Å². The molecule has 0 radical (unpaired) electrons. The van der Waals surface area contributed by atoms with Crippen molar-refractivity contribution in [3.8, 4) is 11.5 Å². The van der Waals surface area contributed by atoms with E-state index in [0.717, 1.165) is 0 Å². The Morgan fingerprint density at radius 2 is 2.11 bits per heavy atom. The van der Waals surface area contributed by atoms with Crippen LogP contribution in [0.1, 0.15) is 32.4 Å². The Hall–Kier alpha value is -1.75. The first-order chi connectivity index (χ1) is 8.47. The normalized spacial score (nSPS) is 12.4. The number of hydrogen-bond donors (Lipinski definition) is 3. The fourth-order valence-electron chi connectivity index (χ4n) is 1.67. The van der Waals surface area contributed by atoms with Gasteiger partial charge in [0.25, 0.3) is 0 Å². The van der Waals surface area contributed by atoms with Crippen molar-refractivity contribution in [3.63, 3.8) is 0 Å². The summed E-state index contributed by atoms with van der Waals surface area (Å²) in [7, 11) is 0. The number of para-hydroxylation sites is 1. The van der Waals surface area contributed by atoms with E-state index in [1.165, 1.54) is 0 Å². The van der Waals surface area contributed by atoms with Gasteiger partial charge in [-0.05, 0) is 26.8 Å². The lowest BCUT2D eigenvalue weighted by Gasteiger charge is -2.19. The highest BCUT2D eigenvalue weighted by molar-refractivity contribution is 5.77. The van der Waals surface area contributed by atoms with Crippen LogP contribution in [0.5, 0.6) is 11.5 Å². The van der Waals surface area contributed by atoms with Crippen LogP contribution in [0.3, 0.4) is 0 Å². The summed E-state index contributed by atoms with van der Waals surface area (Å²) in [5.41, 5.74) is 0.308. The van der Waals surface area contributed by atoms with Crippen molar-refractivity contribution in [2.45, 2.75) is 32.9 Å². The number of nitrogens with one attached hydrogen (secondary N) is 1. The Morgan fingerprint density at radius 3 is 2.61 bits per heavy atom. The van der Waals surface area contributed by atoms with Gasteiger partial charge in [-0.1, -0.05) is 12.1 Å². The maximum absolute atomic E-state index is 11.2. The van der Waals surface area contributed by atoms with Gasteiger partial charge in [0.2, 0.25) is 0 Å². The van der Waals surface area contributed by atoms with Crippen LogP contribution < -0.4 is 10.1 Å². The van der Waals surface area contributed by atoms with Crippen LogP contribution in [0, 0.1) is 0 Å². The van der Waals surface area contributed by atoms with Gasteiger partial charge in [0.05, 0.1) is 6.61 Å². The van der Waals surface area contributed by atoms with Gasteiger partial charge < -0.3 is 14.9 Å². The van der Waals surface area contributed by atoms with Crippen molar-refractivity contribution in [3.05, 3.63) is 23.8 Å². The van der Waals surface area contributed by atoms with Crippen LogP contribution in [0.15, 0.2) is 18.2 Å². The Balaban J connectivity index is 3.12. The molecule has 1 unspecified atom stereocenters. The van der Waals surface area contributed by atoms with E-state index >= 15 is 0 Å². The van der Waals surface area contributed by atoms with E-state index in [4.69, 9.17) is 4.74 Å². The van der Waals surface area contributed by atoms with Gasteiger partial charge in [-0.3, -0.25) is 10.1 Å². The smallest absolute Gasteiger partial charge is 0.325 e. The molecule has 0 aliphatic carbocycles. The first-order valence-electron chi connectivity index (χ1n) is 5.90. The zero-order valence-electron chi connectivity index (χ0n) is 10.8. The monoisotopic (exact) mass is 253 g/mol. The number of hydrogen-bond acceptors (Lipinski definition) is 4. The molecule has 0 heterocycles. The van der Waals surface area contributed by atoms with Crippen LogP contribution in [0.4, 0.5) is 0 Å². The Morgan fingerprint density at radius 1 is 1.44 bits per heavy atom. The molecule has 0 aromatic heterocycles. The zero-order chi connectivity index (χ0) is 13.7. The number of aliphatic carboxylic acids is 1. The maximum Gasteiger partial charge on any atom is 0.325 e. The van der Waals surface area contributed by atoms with Crippen molar-refractivity contribution in [2.24, 2.45) is 0 Å². The van der Waals surface area contributed by atoms with Crippen molar-refractivity contribution in [1.29, 1.82) is 0 Å². The molecule has 0 bridgehead atoms. The van der Waals surface area contributed by atoms with Crippen LogP contribution in [0.25, 0.3) is 0 Å². The fourth-order valence-corrected chi connectivity index (χ4v) is 1.67. The minimum Gasteiger partial charge on any atom is -0.504 e. The number of phenolic OH excluding ortho intramolecular Hbond substituents is 1. The molecular weight excluding hydrogens is 234 g/mol. The topological polar surface area (TPSA) is 78.8 Å². The van der Waals surface area contributed by atoms with E-state index in [1.807, 2.05) is 13.8 Å². The Kier molecular flexibility index (Phi) is 4.97. The number of ether oxygens (including phenoxy) is 1. The third kappa shape index (κ3) is 3.37. The molecule has 0 amide bonds. The first kappa shape index (κ1) is 14.3. The van der Waals surface area contributed by atoms with E-state index < -0.39 is 12.0 Å². The zero-order valence-corrected chi connectivity index (χ0v) is 10.8. The van der Waals surface area contributed by atoms with E-state index in [2.05, 4.69) is 5.32 Å². The standard InChI is InChI=1S/C13H19NO4/c1-4-18-10-7-5-6-9(12(10)15)11(13(16)17)14-8(2)3/h5-8,11,14-15H,4H2,1-3H3,(H,16,17). The molecule has 0 fully saturated rings. The Bertz CT molecular complexity index is 417. The lowest BCUT2D eigenvalue weighted by molar-refractivity contribution is -0.139. The summed E-state index contributed by atoms with van der Waals surface area (Å²) in [5.74, 6) is -0.862. The van der Waals surface area contributed by atoms with Gasteiger partial charge in [-0.15, -0.1) is 0 Å². The van der Waals surface area contributed by atoms with Crippen molar-refractivity contribution in [1.82, 2.24) is 5.32 Å². The second-order valence-corrected chi connectivity index (χ2v) is 4.22. The predicted octanol–water partition coefficient (Wildman–Crippen LogP) is 1.91. The fraction of sp³-hybridized carbons (Fsp3) is 0.462. The number of aromatic hydroxyl groups is 1. The minimum absolute atomic E-state index is 0.0127. The average molecular weight is 253 g/mol. The predicted molar refractivity (Wildman–Crippen MR) is 67.9 cm³/mol. The van der Waals surface area contributed by atoms with Gasteiger partial charge >= 0.3 is 5.97 Å². The van der Waals surface area contributed by atoms with E-state index in [-0.39, 0.29) is 11.8 Å². The van der Waals surface area contributed by atoms with Gasteiger partial charge in [0, 0.05) is 11.6 Å². The van der Waals surface area contributed by atoms with Crippen LogP contribution >= 0.6 is 0 Å². The average Bonchev–Trinajstić information content (AvgIpc) is 2.29. The highest BCUT2D eigenvalue weighted by Gasteiger charge is 2.24. The SMILES string of the molecule is CCOc1cccc(C(NC(C)C)C(=O)O)c1O. The maximum atomic E-state index is 11.2. The Labute approximate surface area is 106 Å². The second kappa shape index (κ2) is 6.26. The second-order valence-electron chi connectivity index (χ2n) is 4.22. The third-order valence-corrected chi connectivity index (χ3v) is 2.39. The summed E-state index contributed by atoms with van der Waals surface area (Å²) in [5, 5.41) is 22.1. The molecule has 1 rings (SSSR count). The van der Waals surface area contributed by atoms with Crippen molar-refractivity contribution < 1.29 is 19.7 Å². The van der Waals surface area contributed by atoms with Crippen LogP contribution in [-0.2, 0) is 4.79 Å². The number of rotatable bonds is 6. The van der Waals surface area contributed by atoms with E-state index in [1.54, 1.807) is 25.1 Å². The summed E-state index contributed by atoms with van der Waals surface area (Å²) in [6.07, 6.45) is 0. The molecule has 5 nitrogen and oxygen atoms in total.